The van der Waals surface area contributed by atoms with Crippen LogP contribution in [0.4, 0.5) is 0 Å². The zero-order valence-electron chi connectivity index (χ0n) is 62.2. The van der Waals surface area contributed by atoms with Crippen molar-refractivity contribution < 1.29 is 89.4 Å². The summed E-state index contributed by atoms with van der Waals surface area (Å²) in [6.45, 7) is 1.63. The number of rotatable bonds is 63. The van der Waals surface area contributed by atoms with Crippen molar-refractivity contribution in [3.8, 4) is 0 Å². The number of carbonyl (C=O) groups excluding carboxylic acids is 1. The van der Waals surface area contributed by atoms with Crippen molar-refractivity contribution in [1.29, 1.82) is 0 Å². The Labute approximate surface area is 604 Å². The third-order valence-electron chi connectivity index (χ3n) is 19.7. The lowest BCUT2D eigenvalue weighted by Crippen LogP contribution is -2.66. The first kappa shape index (κ1) is 91.4. The molecule has 1 amide bonds. The molecule has 19 heteroatoms. The van der Waals surface area contributed by atoms with Gasteiger partial charge in [0.25, 0.3) is 0 Å². The van der Waals surface area contributed by atoms with Gasteiger partial charge in [0.05, 0.1) is 38.6 Å². The summed E-state index contributed by atoms with van der Waals surface area (Å²) in [6, 6.07) is -0.998. The maximum Gasteiger partial charge on any atom is 0.220 e. The summed E-state index contributed by atoms with van der Waals surface area (Å²) in [6.07, 6.45) is 53.2. The van der Waals surface area contributed by atoms with Crippen LogP contribution >= 0.6 is 0 Å². The summed E-state index contributed by atoms with van der Waals surface area (Å²) < 4.78 is 34.4. The minimum atomic E-state index is -1.98. The Hall–Kier alpha value is -2.77. The van der Waals surface area contributed by atoms with E-state index >= 15 is 0 Å². The van der Waals surface area contributed by atoms with E-state index in [0.29, 0.717) is 12.8 Å². The minimum Gasteiger partial charge on any atom is -0.394 e. The van der Waals surface area contributed by atoms with Gasteiger partial charge in [-0.05, 0) is 70.6 Å². The Morgan fingerprint density at radius 2 is 0.700 bits per heavy atom. The molecule has 3 saturated heterocycles. The molecule has 3 aliphatic heterocycles. The van der Waals surface area contributed by atoms with Crippen molar-refractivity contribution in [3.05, 3.63) is 72.9 Å². The Morgan fingerprint density at radius 3 is 1.12 bits per heavy atom. The molecular formula is C81H145NO18. The molecule has 0 aromatic heterocycles. The van der Waals surface area contributed by atoms with Gasteiger partial charge in [0.2, 0.25) is 5.91 Å². The molecule has 0 radical (unpaired) electrons. The molecule has 0 spiro atoms. The second kappa shape index (κ2) is 61.4. The first-order valence-electron chi connectivity index (χ1n) is 40.2. The van der Waals surface area contributed by atoms with E-state index in [1.807, 2.05) is 6.08 Å². The average Bonchev–Trinajstić information content (AvgIpc) is 0.783. The molecule has 0 aromatic carbocycles. The highest BCUT2D eigenvalue weighted by Crippen LogP contribution is 2.33. The smallest absolute Gasteiger partial charge is 0.220 e. The van der Waals surface area contributed by atoms with E-state index in [2.05, 4.69) is 79.9 Å². The molecule has 3 aliphatic rings. The lowest BCUT2D eigenvalue weighted by molar-refractivity contribution is -0.379. The van der Waals surface area contributed by atoms with Gasteiger partial charge in [-0.15, -0.1) is 0 Å². The summed E-state index contributed by atoms with van der Waals surface area (Å²) in [7, 11) is 0. The summed E-state index contributed by atoms with van der Waals surface area (Å²) >= 11 is 0. The van der Waals surface area contributed by atoms with Gasteiger partial charge in [-0.1, -0.05) is 299 Å². The SMILES string of the molecule is CC/C=C\C/C=C\C/C=C\C/C=C\CCCCCCCCCCCCC(=O)NC(COC1OC(CO)C(OC2OC(CO)C(OC3OC(CO)C(O)C(O)C3O)C(O)C2O)C(O)C1O)C(O)/C=C/CC/C=C/CCCCCCCCCCCCCCCCCCCCCCCCCCCC. The van der Waals surface area contributed by atoms with Crippen molar-refractivity contribution in [3.63, 3.8) is 0 Å². The second-order valence-corrected chi connectivity index (χ2v) is 28.5. The molecule has 0 bridgehead atoms. The first-order chi connectivity index (χ1) is 48.8. The fourth-order valence-electron chi connectivity index (χ4n) is 13.3. The minimum absolute atomic E-state index is 0.227. The Balaban J connectivity index is 1.39. The fourth-order valence-corrected chi connectivity index (χ4v) is 13.3. The fraction of sp³-hybridized carbons (Fsp3) is 0.840. The number of aliphatic hydroxyl groups excluding tert-OH is 11. The van der Waals surface area contributed by atoms with Crippen LogP contribution in [0.5, 0.6) is 0 Å². The van der Waals surface area contributed by atoms with Crippen LogP contribution in [0.1, 0.15) is 303 Å². The lowest BCUT2D eigenvalue weighted by Gasteiger charge is -2.48. The Bertz CT molecular complexity index is 2090. The van der Waals surface area contributed by atoms with Crippen LogP contribution in [0.15, 0.2) is 72.9 Å². The molecule has 3 fully saturated rings. The number of nitrogens with one attached hydrogen (secondary N) is 1. The highest BCUT2D eigenvalue weighted by molar-refractivity contribution is 5.76. The number of ether oxygens (including phenoxy) is 6. The number of unbranched alkanes of at least 4 members (excludes halogenated alkanes) is 37. The summed E-state index contributed by atoms with van der Waals surface area (Å²) in [4.78, 5) is 13.5. The van der Waals surface area contributed by atoms with Crippen molar-refractivity contribution >= 4 is 5.91 Å². The van der Waals surface area contributed by atoms with Crippen molar-refractivity contribution in [1.82, 2.24) is 5.32 Å². The molecule has 3 heterocycles. The van der Waals surface area contributed by atoms with E-state index in [0.717, 1.165) is 77.0 Å². The van der Waals surface area contributed by atoms with Gasteiger partial charge in [-0.3, -0.25) is 4.79 Å². The maximum atomic E-state index is 13.5. The van der Waals surface area contributed by atoms with E-state index in [-0.39, 0.29) is 18.9 Å². The van der Waals surface area contributed by atoms with E-state index in [1.54, 1.807) is 6.08 Å². The lowest BCUT2D eigenvalue weighted by atomic mass is 9.96. The van der Waals surface area contributed by atoms with Crippen LogP contribution in [0.2, 0.25) is 0 Å². The van der Waals surface area contributed by atoms with Gasteiger partial charge in [-0.25, -0.2) is 0 Å². The molecule has 19 nitrogen and oxygen atoms in total. The first-order valence-corrected chi connectivity index (χ1v) is 40.2. The van der Waals surface area contributed by atoms with Gasteiger partial charge in [0, 0.05) is 6.42 Å². The highest BCUT2D eigenvalue weighted by Gasteiger charge is 2.54. The molecule has 0 saturated carbocycles. The predicted molar refractivity (Wildman–Crippen MR) is 397 cm³/mol. The Morgan fingerprint density at radius 1 is 0.370 bits per heavy atom. The van der Waals surface area contributed by atoms with E-state index in [4.69, 9.17) is 28.4 Å². The summed E-state index contributed by atoms with van der Waals surface area (Å²) in [5, 5.41) is 121. The van der Waals surface area contributed by atoms with Crippen LogP contribution < -0.4 is 5.32 Å². The van der Waals surface area contributed by atoms with Gasteiger partial charge in [-0.2, -0.15) is 0 Å². The van der Waals surface area contributed by atoms with Crippen molar-refractivity contribution in [2.45, 2.75) is 407 Å². The van der Waals surface area contributed by atoms with Crippen LogP contribution in [0.3, 0.4) is 0 Å². The van der Waals surface area contributed by atoms with Crippen LogP contribution in [0, 0.1) is 0 Å². The zero-order valence-corrected chi connectivity index (χ0v) is 62.2. The third kappa shape index (κ3) is 41.2. The molecule has 3 rings (SSSR count). The summed E-state index contributed by atoms with van der Waals surface area (Å²) in [5.41, 5.74) is 0. The highest BCUT2D eigenvalue weighted by atomic mass is 16.8. The molecule has 0 aromatic rings. The Kier molecular flexibility index (Phi) is 56.1. The topological polar surface area (TPSA) is 307 Å². The van der Waals surface area contributed by atoms with Gasteiger partial charge in [0.15, 0.2) is 18.9 Å². The molecule has 17 unspecified atom stereocenters. The predicted octanol–water partition coefficient (Wildman–Crippen LogP) is 13.2. The largest absolute Gasteiger partial charge is 0.394 e. The van der Waals surface area contributed by atoms with E-state index in [1.165, 1.54) is 193 Å². The quantitative estimate of drug-likeness (QED) is 0.0199. The molecule has 0 aliphatic carbocycles. The normalized spacial score (nSPS) is 26.8. The van der Waals surface area contributed by atoms with Gasteiger partial charge < -0.3 is 89.9 Å². The van der Waals surface area contributed by atoms with E-state index in [9.17, 15) is 61.0 Å². The monoisotopic (exact) mass is 1420 g/mol. The average molecular weight is 1420 g/mol. The molecular weight excluding hydrogens is 1270 g/mol. The summed E-state index contributed by atoms with van der Waals surface area (Å²) in [5.74, 6) is -0.289. The zero-order chi connectivity index (χ0) is 72.5. The number of hydrogen-bond acceptors (Lipinski definition) is 18. The number of aliphatic hydroxyl groups is 11. The number of allylic oxidation sites excluding steroid dienone is 11. The number of amides is 1. The van der Waals surface area contributed by atoms with Crippen molar-refractivity contribution in [2.24, 2.45) is 0 Å². The molecule has 582 valence electrons. The van der Waals surface area contributed by atoms with Crippen molar-refractivity contribution in [2.75, 3.05) is 26.4 Å². The van der Waals surface area contributed by atoms with Gasteiger partial charge in [0.1, 0.15) is 73.2 Å². The standard InChI is InChI=1S/C81H145NO18/c1-3-5-7-9-11-13-15-17-19-21-23-25-27-28-29-30-31-32-33-34-35-37-38-40-42-44-46-48-50-52-54-56-58-65(86)64(82-69(87)59-57-55-53-51-49-47-45-43-41-39-36-26-24-22-20-18-16-14-12-10-8-6-4-2)63-95-79-75(93)72(90)77(67(61-84)97-79)100-81-76(94)73(91)78(68(62-85)98-81)99-80-74(92)71(89)70(88)66(60-83)96-80/h6,8,12,14,18,20,24,26,48,50,56,58,64-68,70-81,83-86,88-94H,3-5,7,9-11,13,15-17,19,21-23,25,27-47,49,51-55,57,59-63H2,1-2H3,(H,82,87)/b8-6-,14-12-,20-18-,26-24-,50-48+,58-56+. The number of hydrogen-bond donors (Lipinski definition) is 12. The van der Waals surface area contributed by atoms with Crippen LogP contribution in [-0.2, 0) is 33.2 Å². The molecule has 12 N–H and O–H groups in total. The molecule has 100 heavy (non-hydrogen) atoms. The second-order valence-electron chi connectivity index (χ2n) is 28.5. The molecule has 17 atom stereocenters. The third-order valence-corrected chi connectivity index (χ3v) is 19.7. The van der Waals surface area contributed by atoms with E-state index < -0.39 is 124 Å². The van der Waals surface area contributed by atoms with Crippen LogP contribution in [0.25, 0.3) is 0 Å². The number of carbonyl (C=O) groups is 1. The van der Waals surface area contributed by atoms with Crippen LogP contribution in [-0.4, -0.2) is 193 Å². The maximum absolute atomic E-state index is 13.5. The van der Waals surface area contributed by atoms with Gasteiger partial charge >= 0.3 is 0 Å².